The summed E-state index contributed by atoms with van der Waals surface area (Å²) in [5.41, 5.74) is 0.120. The monoisotopic (exact) mass is 220 g/mol. The number of ether oxygens (including phenoxy) is 1. The largest absolute Gasteiger partial charge is 0.369 e. The van der Waals surface area contributed by atoms with Gasteiger partial charge in [-0.15, -0.1) is 0 Å². The molecule has 1 atom stereocenters. The van der Waals surface area contributed by atoms with Crippen molar-refractivity contribution in [1.82, 2.24) is 0 Å². The van der Waals surface area contributed by atoms with E-state index in [9.17, 15) is 0 Å². The Hall–Kier alpha value is 0.440. The smallest absolute Gasteiger partial charge is 0.0670 e. The minimum absolute atomic E-state index is 0.0486. The van der Waals surface area contributed by atoms with Crippen LogP contribution in [0.3, 0.4) is 0 Å². The summed E-state index contributed by atoms with van der Waals surface area (Å²) >= 11 is 3.52. The van der Waals surface area contributed by atoms with Crippen LogP contribution in [-0.4, -0.2) is 16.5 Å². The van der Waals surface area contributed by atoms with Crippen molar-refractivity contribution in [1.29, 1.82) is 0 Å². The maximum atomic E-state index is 5.91. The Morgan fingerprint density at radius 2 is 1.91 bits per heavy atom. The normalized spacial score (nSPS) is 34.1. The van der Waals surface area contributed by atoms with Crippen LogP contribution in [0.2, 0.25) is 0 Å². The van der Waals surface area contributed by atoms with E-state index in [1.807, 2.05) is 0 Å². The molecule has 0 saturated carbocycles. The second-order valence-corrected chi connectivity index (χ2v) is 5.17. The Kier molecular flexibility index (Phi) is 2.37. The molecule has 0 spiro atoms. The molecule has 11 heavy (non-hydrogen) atoms. The van der Waals surface area contributed by atoms with E-state index in [2.05, 4.69) is 43.6 Å². The lowest BCUT2D eigenvalue weighted by Gasteiger charge is -2.26. The number of hydrogen-bond donors (Lipinski definition) is 0. The van der Waals surface area contributed by atoms with Gasteiger partial charge in [0.2, 0.25) is 0 Å². The fraction of sp³-hybridized carbons (Fsp3) is 1.00. The summed E-state index contributed by atoms with van der Waals surface area (Å²) in [5, 5.41) is 1.05. The van der Waals surface area contributed by atoms with Crippen LogP contribution in [-0.2, 0) is 4.74 Å². The van der Waals surface area contributed by atoms with Gasteiger partial charge in [0.25, 0.3) is 0 Å². The molecule has 0 N–H and O–H groups in total. The molecule has 2 heteroatoms. The molecular weight excluding hydrogens is 204 g/mol. The molecule has 0 unspecified atom stereocenters. The summed E-state index contributed by atoms with van der Waals surface area (Å²) < 4.78 is 5.91. The summed E-state index contributed by atoms with van der Waals surface area (Å²) in [5.74, 6) is 0.650. The van der Waals surface area contributed by atoms with Crippen LogP contribution in [0.1, 0.15) is 34.1 Å². The minimum Gasteiger partial charge on any atom is -0.369 e. The van der Waals surface area contributed by atoms with Gasteiger partial charge >= 0.3 is 0 Å². The fourth-order valence-corrected chi connectivity index (χ4v) is 2.93. The predicted octanol–water partition coefficient (Wildman–Crippen LogP) is 2.98. The highest BCUT2D eigenvalue weighted by Crippen LogP contribution is 2.42. The van der Waals surface area contributed by atoms with Gasteiger partial charge in [-0.3, -0.25) is 0 Å². The van der Waals surface area contributed by atoms with E-state index in [4.69, 9.17) is 4.74 Å². The number of alkyl halides is 1. The zero-order valence-corrected chi connectivity index (χ0v) is 9.36. The molecule has 0 aromatic heterocycles. The van der Waals surface area contributed by atoms with Gasteiger partial charge in [0.1, 0.15) is 0 Å². The molecule has 0 amide bonds. The maximum absolute atomic E-state index is 5.91. The highest BCUT2D eigenvalue weighted by Gasteiger charge is 2.44. The van der Waals surface area contributed by atoms with E-state index < -0.39 is 0 Å². The molecule has 1 rings (SSSR count). The Morgan fingerprint density at radius 3 is 2.09 bits per heavy atom. The summed E-state index contributed by atoms with van der Waals surface area (Å²) in [6.45, 7) is 8.68. The van der Waals surface area contributed by atoms with Crippen molar-refractivity contribution in [3.8, 4) is 0 Å². The molecule has 0 radical (unpaired) electrons. The first-order chi connectivity index (χ1) is 4.87. The third-order valence-corrected chi connectivity index (χ3v) is 3.23. The van der Waals surface area contributed by atoms with Crippen LogP contribution in [0, 0.1) is 5.92 Å². The summed E-state index contributed by atoms with van der Waals surface area (Å²) in [7, 11) is 0. The van der Waals surface area contributed by atoms with Gasteiger partial charge in [-0.1, -0.05) is 15.9 Å². The molecule has 1 saturated heterocycles. The number of rotatable bonds is 1. The maximum Gasteiger partial charge on any atom is 0.0670 e. The molecule has 0 aliphatic carbocycles. The van der Waals surface area contributed by atoms with Crippen LogP contribution in [0.15, 0.2) is 0 Å². The van der Waals surface area contributed by atoms with Gasteiger partial charge in [0, 0.05) is 5.33 Å². The second-order valence-electron chi connectivity index (χ2n) is 4.52. The number of hydrogen-bond acceptors (Lipinski definition) is 1. The quantitative estimate of drug-likeness (QED) is 0.618. The van der Waals surface area contributed by atoms with E-state index in [0.717, 1.165) is 11.8 Å². The lowest BCUT2D eigenvalue weighted by molar-refractivity contribution is -0.0724. The summed E-state index contributed by atoms with van der Waals surface area (Å²) in [6.07, 6.45) is 1.16. The molecule has 1 nitrogen and oxygen atoms in total. The zero-order chi connectivity index (χ0) is 8.70. The van der Waals surface area contributed by atoms with Crippen molar-refractivity contribution in [2.75, 3.05) is 5.33 Å². The van der Waals surface area contributed by atoms with Crippen LogP contribution in [0.4, 0.5) is 0 Å². The van der Waals surface area contributed by atoms with Crippen LogP contribution >= 0.6 is 15.9 Å². The Labute approximate surface area is 77.6 Å². The predicted molar refractivity (Wildman–Crippen MR) is 51.1 cm³/mol. The lowest BCUT2D eigenvalue weighted by Crippen LogP contribution is -2.30. The van der Waals surface area contributed by atoms with Gasteiger partial charge in [0.05, 0.1) is 11.2 Å². The van der Waals surface area contributed by atoms with Crippen LogP contribution < -0.4 is 0 Å². The van der Waals surface area contributed by atoms with Gasteiger partial charge in [-0.2, -0.15) is 0 Å². The van der Waals surface area contributed by atoms with Gasteiger partial charge in [-0.25, -0.2) is 0 Å². The lowest BCUT2D eigenvalue weighted by atomic mass is 9.89. The van der Waals surface area contributed by atoms with Crippen LogP contribution in [0.5, 0.6) is 0 Å². The molecule has 1 heterocycles. The molecule has 66 valence electrons. The van der Waals surface area contributed by atoms with Gasteiger partial charge < -0.3 is 4.74 Å². The van der Waals surface area contributed by atoms with E-state index in [1.165, 1.54) is 0 Å². The van der Waals surface area contributed by atoms with Crippen molar-refractivity contribution in [2.24, 2.45) is 5.92 Å². The highest BCUT2D eigenvalue weighted by atomic mass is 79.9. The zero-order valence-electron chi connectivity index (χ0n) is 7.78. The third-order valence-electron chi connectivity index (χ3n) is 2.45. The molecule has 1 fully saturated rings. The van der Waals surface area contributed by atoms with Crippen molar-refractivity contribution < 1.29 is 4.74 Å². The molecule has 1 aliphatic rings. The number of halogens is 1. The molecule has 1 aliphatic heterocycles. The second kappa shape index (κ2) is 2.74. The average molecular weight is 221 g/mol. The van der Waals surface area contributed by atoms with E-state index in [1.54, 1.807) is 0 Å². The van der Waals surface area contributed by atoms with Crippen molar-refractivity contribution in [2.45, 2.75) is 45.3 Å². The molecular formula is C9H17BrO. The SMILES string of the molecule is CC1(C)C[C@@H](CBr)C(C)(C)O1. The molecule has 0 aromatic rings. The van der Waals surface area contributed by atoms with Gasteiger partial charge in [-0.05, 0) is 40.0 Å². The third kappa shape index (κ3) is 1.97. The topological polar surface area (TPSA) is 9.23 Å². The summed E-state index contributed by atoms with van der Waals surface area (Å²) in [4.78, 5) is 0. The molecule has 0 aromatic carbocycles. The van der Waals surface area contributed by atoms with Crippen LogP contribution in [0.25, 0.3) is 0 Å². The minimum atomic E-state index is 0.0486. The Balaban J connectivity index is 2.71. The van der Waals surface area contributed by atoms with E-state index in [-0.39, 0.29) is 11.2 Å². The first-order valence-electron chi connectivity index (χ1n) is 4.13. The van der Waals surface area contributed by atoms with Crippen molar-refractivity contribution in [3.05, 3.63) is 0 Å². The Morgan fingerprint density at radius 1 is 1.36 bits per heavy atom. The fourth-order valence-electron chi connectivity index (χ4n) is 1.92. The van der Waals surface area contributed by atoms with Crippen molar-refractivity contribution in [3.63, 3.8) is 0 Å². The highest BCUT2D eigenvalue weighted by molar-refractivity contribution is 9.09. The standard InChI is InChI=1S/C9H17BrO/c1-8(2)5-7(6-10)9(3,4)11-8/h7H,5-6H2,1-4H3/t7-/m0/s1. The van der Waals surface area contributed by atoms with Gasteiger partial charge in [0.15, 0.2) is 0 Å². The van der Waals surface area contributed by atoms with Crippen molar-refractivity contribution >= 4 is 15.9 Å². The van der Waals surface area contributed by atoms with E-state index in [0.29, 0.717) is 5.92 Å². The average Bonchev–Trinajstić information content (AvgIpc) is 1.99. The first-order valence-corrected chi connectivity index (χ1v) is 5.26. The summed E-state index contributed by atoms with van der Waals surface area (Å²) in [6, 6.07) is 0. The first kappa shape index (κ1) is 9.53. The molecule has 0 bridgehead atoms. The van der Waals surface area contributed by atoms with E-state index >= 15 is 0 Å². The Bertz CT molecular complexity index is 152.